The van der Waals surface area contributed by atoms with Gasteiger partial charge in [-0.2, -0.15) is 0 Å². The fourth-order valence-corrected chi connectivity index (χ4v) is 1.94. The van der Waals surface area contributed by atoms with E-state index in [-0.39, 0.29) is 5.60 Å². The number of hydrogen-bond acceptors (Lipinski definition) is 4. The number of nitrogens with zero attached hydrogens (tertiary/aromatic N) is 3. The molecule has 1 aromatic rings. The zero-order valence-electron chi connectivity index (χ0n) is 9.28. The minimum Gasteiger partial charge on any atom is -0.372 e. The van der Waals surface area contributed by atoms with Crippen molar-refractivity contribution in [3.05, 3.63) is 4.77 Å². The molecule has 0 atom stereocenters. The van der Waals surface area contributed by atoms with Crippen LogP contribution < -0.4 is 4.90 Å². The molecule has 0 aromatic carbocycles. The number of morpholine rings is 1. The summed E-state index contributed by atoms with van der Waals surface area (Å²) in [7, 11) is 1.92. The second-order valence-electron chi connectivity index (χ2n) is 4.42. The van der Waals surface area contributed by atoms with Crippen molar-refractivity contribution in [3.8, 4) is 0 Å². The highest BCUT2D eigenvalue weighted by atomic mass is 32.1. The second-order valence-corrected chi connectivity index (χ2v) is 4.80. The lowest BCUT2D eigenvalue weighted by Gasteiger charge is -2.38. The monoisotopic (exact) mass is 228 g/mol. The van der Waals surface area contributed by atoms with Gasteiger partial charge in [-0.25, -0.2) is 5.10 Å². The summed E-state index contributed by atoms with van der Waals surface area (Å²) < 4.78 is 8.18. The van der Waals surface area contributed by atoms with Crippen molar-refractivity contribution in [2.45, 2.75) is 19.4 Å². The molecule has 0 radical (unpaired) electrons. The van der Waals surface area contributed by atoms with Crippen LogP contribution in [0.1, 0.15) is 13.8 Å². The van der Waals surface area contributed by atoms with Gasteiger partial charge in [0, 0.05) is 20.1 Å². The molecule has 0 spiro atoms. The van der Waals surface area contributed by atoms with E-state index in [0.717, 1.165) is 25.6 Å². The van der Waals surface area contributed by atoms with Gasteiger partial charge in [0.1, 0.15) is 0 Å². The number of aromatic nitrogens is 3. The third-order valence-electron chi connectivity index (χ3n) is 2.56. The summed E-state index contributed by atoms with van der Waals surface area (Å²) in [5.41, 5.74) is -0.119. The van der Waals surface area contributed by atoms with Crippen molar-refractivity contribution < 1.29 is 4.74 Å². The van der Waals surface area contributed by atoms with Gasteiger partial charge >= 0.3 is 0 Å². The van der Waals surface area contributed by atoms with Gasteiger partial charge in [0.15, 0.2) is 4.77 Å². The predicted octanol–water partition coefficient (Wildman–Crippen LogP) is 1.09. The SMILES string of the molecule is Cn1c(N2CCOC(C)(C)C2)n[nH]c1=S. The zero-order valence-corrected chi connectivity index (χ0v) is 10.1. The van der Waals surface area contributed by atoms with Crippen molar-refractivity contribution in [1.29, 1.82) is 0 Å². The third-order valence-corrected chi connectivity index (χ3v) is 2.93. The summed E-state index contributed by atoms with van der Waals surface area (Å²) in [5, 5.41) is 7.02. The average molecular weight is 228 g/mol. The van der Waals surface area contributed by atoms with Crippen molar-refractivity contribution in [2.24, 2.45) is 7.05 Å². The molecule has 1 aromatic heterocycles. The van der Waals surface area contributed by atoms with E-state index < -0.39 is 0 Å². The molecule has 84 valence electrons. The summed E-state index contributed by atoms with van der Waals surface area (Å²) in [6.45, 7) is 6.59. The lowest BCUT2D eigenvalue weighted by atomic mass is 10.1. The minimum absolute atomic E-state index is 0.119. The fourth-order valence-electron chi connectivity index (χ4n) is 1.81. The molecule has 0 aliphatic carbocycles. The van der Waals surface area contributed by atoms with Crippen LogP contribution >= 0.6 is 12.2 Å². The Balaban J connectivity index is 2.24. The summed E-state index contributed by atoms with van der Waals surface area (Å²) in [5.74, 6) is 0.886. The molecular formula is C9H16N4OS. The van der Waals surface area contributed by atoms with E-state index in [9.17, 15) is 0 Å². The van der Waals surface area contributed by atoms with E-state index in [4.69, 9.17) is 17.0 Å². The van der Waals surface area contributed by atoms with E-state index >= 15 is 0 Å². The number of aromatic amines is 1. The maximum Gasteiger partial charge on any atom is 0.225 e. The Kier molecular flexibility index (Phi) is 2.56. The van der Waals surface area contributed by atoms with E-state index in [1.165, 1.54) is 0 Å². The number of nitrogens with one attached hydrogen (secondary N) is 1. The Bertz CT molecular complexity index is 408. The Morgan fingerprint density at radius 1 is 1.53 bits per heavy atom. The number of rotatable bonds is 1. The lowest BCUT2D eigenvalue weighted by molar-refractivity contribution is -0.0282. The highest BCUT2D eigenvalue weighted by Gasteiger charge is 2.29. The minimum atomic E-state index is -0.119. The summed E-state index contributed by atoms with van der Waals surface area (Å²) in [4.78, 5) is 2.19. The first-order valence-electron chi connectivity index (χ1n) is 5.00. The van der Waals surface area contributed by atoms with Crippen LogP contribution in [-0.4, -0.2) is 40.1 Å². The Labute approximate surface area is 94.0 Å². The normalized spacial score (nSPS) is 20.6. The highest BCUT2D eigenvalue weighted by Crippen LogP contribution is 2.20. The van der Waals surface area contributed by atoms with Gasteiger partial charge in [0.25, 0.3) is 0 Å². The molecule has 1 aliphatic rings. The Morgan fingerprint density at radius 2 is 2.27 bits per heavy atom. The molecule has 5 nitrogen and oxygen atoms in total. The van der Waals surface area contributed by atoms with E-state index in [0.29, 0.717) is 4.77 Å². The molecule has 1 N–H and O–H groups in total. The molecule has 15 heavy (non-hydrogen) atoms. The predicted molar refractivity (Wildman–Crippen MR) is 60.6 cm³/mol. The van der Waals surface area contributed by atoms with Crippen molar-refractivity contribution in [2.75, 3.05) is 24.6 Å². The molecule has 1 saturated heterocycles. The standard InChI is InChI=1S/C9H16N4OS/c1-9(2)6-13(4-5-14-9)7-10-11-8(15)12(7)3/h4-6H2,1-3H3,(H,11,15). The first-order chi connectivity index (χ1) is 6.99. The maximum absolute atomic E-state index is 5.65. The highest BCUT2D eigenvalue weighted by molar-refractivity contribution is 7.71. The molecule has 2 rings (SSSR count). The van der Waals surface area contributed by atoms with Crippen molar-refractivity contribution in [1.82, 2.24) is 14.8 Å². The fraction of sp³-hybridized carbons (Fsp3) is 0.778. The molecule has 2 heterocycles. The van der Waals surface area contributed by atoms with Gasteiger partial charge in [-0.05, 0) is 26.1 Å². The van der Waals surface area contributed by atoms with Crippen molar-refractivity contribution in [3.63, 3.8) is 0 Å². The van der Waals surface area contributed by atoms with Gasteiger partial charge in [0.05, 0.1) is 12.2 Å². The molecule has 0 unspecified atom stereocenters. The second kappa shape index (κ2) is 3.61. The van der Waals surface area contributed by atoms with E-state index in [2.05, 4.69) is 28.9 Å². The van der Waals surface area contributed by atoms with Crippen LogP contribution in [0.25, 0.3) is 0 Å². The van der Waals surface area contributed by atoms with Gasteiger partial charge < -0.3 is 9.64 Å². The molecule has 0 amide bonds. The average Bonchev–Trinajstić information content (AvgIpc) is 2.46. The Hall–Kier alpha value is -0.880. The number of ether oxygens (including phenoxy) is 1. The van der Waals surface area contributed by atoms with Crippen LogP contribution in [0.2, 0.25) is 0 Å². The maximum atomic E-state index is 5.65. The molecule has 6 heteroatoms. The smallest absolute Gasteiger partial charge is 0.225 e. The number of anilines is 1. The van der Waals surface area contributed by atoms with Crippen LogP contribution in [0, 0.1) is 4.77 Å². The summed E-state index contributed by atoms with van der Waals surface area (Å²) in [6, 6.07) is 0. The van der Waals surface area contributed by atoms with Gasteiger partial charge in [-0.1, -0.05) is 0 Å². The first kappa shape index (κ1) is 10.6. The van der Waals surface area contributed by atoms with Crippen LogP contribution in [0.15, 0.2) is 0 Å². The lowest BCUT2D eigenvalue weighted by Crippen LogP contribution is -2.49. The molecule has 1 aliphatic heterocycles. The van der Waals surface area contributed by atoms with Crippen LogP contribution in [0.5, 0.6) is 0 Å². The van der Waals surface area contributed by atoms with E-state index in [1.54, 1.807) is 0 Å². The molecular weight excluding hydrogens is 212 g/mol. The molecule has 0 saturated carbocycles. The Morgan fingerprint density at radius 3 is 2.80 bits per heavy atom. The van der Waals surface area contributed by atoms with Crippen molar-refractivity contribution >= 4 is 18.2 Å². The molecule has 0 bridgehead atoms. The topological polar surface area (TPSA) is 46.1 Å². The molecule has 1 fully saturated rings. The van der Waals surface area contributed by atoms with Gasteiger partial charge in [-0.3, -0.25) is 4.57 Å². The van der Waals surface area contributed by atoms with E-state index in [1.807, 2.05) is 11.6 Å². The van der Waals surface area contributed by atoms with Gasteiger partial charge in [-0.15, -0.1) is 5.10 Å². The summed E-state index contributed by atoms with van der Waals surface area (Å²) >= 11 is 5.09. The van der Waals surface area contributed by atoms with Crippen LogP contribution in [0.3, 0.4) is 0 Å². The third kappa shape index (κ3) is 2.05. The largest absolute Gasteiger partial charge is 0.372 e. The van der Waals surface area contributed by atoms with Crippen LogP contribution in [0.4, 0.5) is 5.95 Å². The zero-order chi connectivity index (χ0) is 11.1. The first-order valence-corrected chi connectivity index (χ1v) is 5.41. The number of hydrogen-bond donors (Lipinski definition) is 1. The summed E-state index contributed by atoms with van der Waals surface area (Å²) in [6.07, 6.45) is 0. The van der Waals surface area contributed by atoms with Crippen LogP contribution in [-0.2, 0) is 11.8 Å². The number of H-pyrrole nitrogens is 1. The quantitative estimate of drug-likeness (QED) is 0.731. The van der Waals surface area contributed by atoms with Gasteiger partial charge in [0.2, 0.25) is 5.95 Å².